The number of carboxylic acids is 1. The average Bonchev–Trinajstić information content (AvgIpc) is 3.06. The van der Waals surface area contributed by atoms with Crippen LogP contribution >= 0.6 is 0 Å². The summed E-state index contributed by atoms with van der Waals surface area (Å²) in [5, 5.41) is 14.7. The highest BCUT2D eigenvalue weighted by Crippen LogP contribution is 2.62. The van der Waals surface area contributed by atoms with E-state index in [2.05, 4.69) is 50.5 Å². The Hall–Kier alpha value is -3.35. The largest absolute Gasteiger partial charge is 0.481 e. The molecule has 7 nitrogen and oxygen atoms in total. The standard InChI is InChI=1S/C27H32N2O5/c1-26(2)24(27(26,3)4)29-23(32)21(13-14-22(30)31)28-25(33)34-15-20-18-11-7-5-9-16(18)17-10-6-8-12-19(17)20/h5-12,20-21,24H,13-15H2,1-4H3,(H,28,33)(H,29,32)(H,30,31). The third-order valence-corrected chi connectivity index (χ3v) is 7.91. The Bertz CT molecular complexity index is 1060. The lowest BCUT2D eigenvalue weighted by molar-refractivity contribution is -0.137. The molecule has 2 aromatic rings. The van der Waals surface area contributed by atoms with Crippen LogP contribution in [-0.2, 0) is 14.3 Å². The highest BCUT2D eigenvalue weighted by molar-refractivity contribution is 5.87. The van der Waals surface area contributed by atoms with E-state index in [4.69, 9.17) is 9.84 Å². The van der Waals surface area contributed by atoms with Crippen molar-refractivity contribution in [1.82, 2.24) is 10.6 Å². The quantitative estimate of drug-likeness (QED) is 0.540. The van der Waals surface area contributed by atoms with Gasteiger partial charge in [-0.05, 0) is 39.5 Å². The molecule has 0 bridgehead atoms. The topological polar surface area (TPSA) is 105 Å². The fourth-order valence-corrected chi connectivity index (χ4v) is 5.12. The second kappa shape index (κ2) is 8.78. The van der Waals surface area contributed by atoms with Crippen LogP contribution in [0, 0.1) is 10.8 Å². The Morgan fingerprint density at radius 3 is 1.97 bits per heavy atom. The van der Waals surface area contributed by atoms with Crippen molar-refractivity contribution in [2.75, 3.05) is 6.61 Å². The molecule has 1 atom stereocenters. The second-order valence-corrected chi connectivity index (χ2v) is 10.3. The smallest absolute Gasteiger partial charge is 0.407 e. The van der Waals surface area contributed by atoms with E-state index in [0.29, 0.717) is 0 Å². The van der Waals surface area contributed by atoms with Crippen LogP contribution in [-0.4, -0.2) is 41.8 Å². The van der Waals surface area contributed by atoms with Gasteiger partial charge in [-0.1, -0.05) is 76.2 Å². The summed E-state index contributed by atoms with van der Waals surface area (Å²) in [7, 11) is 0. The molecule has 0 heterocycles. The molecule has 3 N–H and O–H groups in total. The number of fused-ring (bicyclic) bond motifs is 3. The Balaban J connectivity index is 1.41. The number of carboxylic acid groups (broad SMARTS) is 1. The van der Waals surface area contributed by atoms with Gasteiger partial charge in [-0.15, -0.1) is 0 Å². The van der Waals surface area contributed by atoms with Crippen LogP contribution in [0.3, 0.4) is 0 Å². The molecule has 7 heteroatoms. The number of ether oxygens (including phenoxy) is 1. The van der Waals surface area contributed by atoms with E-state index in [-0.39, 0.29) is 42.2 Å². The summed E-state index contributed by atoms with van der Waals surface area (Å²) in [6, 6.07) is 15.0. The van der Waals surface area contributed by atoms with Gasteiger partial charge >= 0.3 is 12.1 Å². The summed E-state index contributed by atoms with van der Waals surface area (Å²) < 4.78 is 5.55. The van der Waals surface area contributed by atoms with Gasteiger partial charge in [0.2, 0.25) is 5.91 Å². The number of nitrogens with one attached hydrogen (secondary N) is 2. The molecule has 0 aliphatic heterocycles. The van der Waals surface area contributed by atoms with Crippen molar-refractivity contribution < 1.29 is 24.2 Å². The van der Waals surface area contributed by atoms with Crippen molar-refractivity contribution in [2.24, 2.45) is 10.8 Å². The predicted octanol–water partition coefficient (Wildman–Crippen LogP) is 4.31. The molecular formula is C27H32N2O5. The third kappa shape index (κ3) is 4.27. The molecule has 180 valence electrons. The first-order valence-corrected chi connectivity index (χ1v) is 11.7. The molecule has 0 saturated heterocycles. The Kier molecular flexibility index (Phi) is 6.14. The fraction of sp³-hybridized carbons (Fsp3) is 0.444. The zero-order chi connectivity index (χ0) is 24.7. The molecule has 1 saturated carbocycles. The maximum Gasteiger partial charge on any atom is 0.407 e. The van der Waals surface area contributed by atoms with Gasteiger partial charge < -0.3 is 20.5 Å². The molecule has 2 aromatic carbocycles. The van der Waals surface area contributed by atoms with Gasteiger partial charge in [0.1, 0.15) is 12.6 Å². The molecule has 1 fully saturated rings. The maximum absolute atomic E-state index is 12.9. The van der Waals surface area contributed by atoms with E-state index in [9.17, 15) is 14.4 Å². The van der Waals surface area contributed by atoms with Crippen LogP contribution in [0.5, 0.6) is 0 Å². The van der Waals surface area contributed by atoms with Crippen LogP contribution in [0.2, 0.25) is 0 Å². The molecule has 34 heavy (non-hydrogen) atoms. The van der Waals surface area contributed by atoms with Gasteiger partial charge in [-0.25, -0.2) is 4.79 Å². The number of carbonyl (C=O) groups excluding carboxylic acids is 2. The highest BCUT2D eigenvalue weighted by Gasteiger charge is 2.65. The van der Waals surface area contributed by atoms with Crippen LogP contribution in [0.1, 0.15) is 57.6 Å². The van der Waals surface area contributed by atoms with E-state index in [1.807, 2.05) is 36.4 Å². The highest BCUT2D eigenvalue weighted by atomic mass is 16.5. The number of carbonyl (C=O) groups is 3. The Morgan fingerprint density at radius 2 is 1.47 bits per heavy atom. The molecule has 2 amide bonds. The molecular weight excluding hydrogens is 432 g/mol. The Labute approximate surface area is 199 Å². The number of hydrogen-bond acceptors (Lipinski definition) is 4. The van der Waals surface area contributed by atoms with Gasteiger partial charge in [0, 0.05) is 18.4 Å². The zero-order valence-corrected chi connectivity index (χ0v) is 20.1. The number of alkyl carbamates (subject to hydrolysis) is 1. The summed E-state index contributed by atoms with van der Waals surface area (Å²) in [6.07, 6.45) is -0.986. The van der Waals surface area contributed by atoms with E-state index >= 15 is 0 Å². The van der Waals surface area contributed by atoms with Gasteiger partial charge in [0.15, 0.2) is 0 Å². The monoisotopic (exact) mass is 464 g/mol. The van der Waals surface area contributed by atoms with Crippen molar-refractivity contribution in [2.45, 2.75) is 58.5 Å². The third-order valence-electron chi connectivity index (χ3n) is 7.91. The van der Waals surface area contributed by atoms with E-state index < -0.39 is 24.0 Å². The minimum atomic E-state index is -1.03. The van der Waals surface area contributed by atoms with Crippen molar-refractivity contribution in [3.8, 4) is 11.1 Å². The van der Waals surface area contributed by atoms with Crippen LogP contribution in [0.4, 0.5) is 4.79 Å². The minimum absolute atomic E-state index is 0.0149. The predicted molar refractivity (Wildman–Crippen MR) is 128 cm³/mol. The van der Waals surface area contributed by atoms with Gasteiger partial charge in [0.05, 0.1) is 0 Å². The van der Waals surface area contributed by atoms with E-state index in [1.54, 1.807) is 0 Å². The van der Waals surface area contributed by atoms with Gasteiger partial charge in [0.25, 0.3) is 0 Å². The summed E-state index contributed by atoms with van der Waals surface area (Å²) >= 11 is 0. The molecule has 2 aliphatic carbocycles. The summed E-state index contributed by atoms with van der Waals surface area (Å²) in [5.74, 6) is -1.52. The molecule has 0 radical (unpaired) electrons. The van der Waals surface area contributed by atoms with Crippen molar-refractivity contribution in [1.29, 1.82) is 0 Å². The van der Waals surface area contributed by atoms with Crippen molar-refractivity contribution in [3.63, 3.8) is 0 Å². The Morgan fingerprint density at radius 1 is 0.941 bits per heavy atom. The number of amides is 2. The number of rotatable bonds is 8. The number of benzene rings is 2. The molecule has 2 aliphatic rings. The van der Waals surface area contributed by atoms with Crippen LogP contribution < -0.4 is 10.6 Å². The number of aliphatic carboxylic acids is 1. The first-order valence-electron chi connectivity index (χ1n) is 11.7. The summed E-state index contributed by atoms with van der Waals surface area (Å²) in [5.41, 5.74) is 4.28. The first-order chi connectivity index (χ1) is 16.0. The van der Waals surface area contributed by atoms with Crippen LogP contribution in [0.15, 0.2) is 48.5 Å². The molecule has 1 unspecified atom stereocenters. The van der Waals surface area contributed by atoms with E-state index in [0.717, 1.165) is 22.3 Å². The van der Waals surface area contributed by atoms with Crippen LogP contribution in [0.25, 0.3) is 11.1 Å². The van der Waals surface area contributed by atoms with Crippen molar-refractivity contribution >= 4 is 18.0 Å². The van der Waals surface area contributed by atoms with Gasteiger partial charge in [-0.2, -0.15) is 0 Å². The fourth-order valence-electron chi connectivity index (χ4n) is 5.12. The lowest BCUT2D eigenvalue weighted by atomic mass is 9.98. The first kappa shape index (κ1) is 23.8. The van der Waals surface area contributed by atoms with Gasteiger partial charge in [-0.3, -0.25) is 9.59 Å². The lowest BCUT2D eigenvalue weighted by Gasteiger charge is -2.20. The maximum atomic E-state index is 12.9. The summed E-state index contributed by atoms with van der Waals surface area (Å²) in [4.78, 5) is 36.7. The summed E-state index contributed by atoms with van der Waals surface area (Å²) in [6.45, 7) is 8.41. The average molecular weight is 465 g/mol. The SMILES string of the molecule is CC1(C)C(NC(=O)C(CCC(=O)O)NC(=O)OCC2c3ccccc3-c3ccccc32)C1(C)C. The lowest BCUT2D eigenvalue weighted by Crippen LogP contribution is -2.48. The minimum Gasteiger partial charge on any atom is -0.481 e. The zero-order valence-electron chi connectivity index (χ0n) is 20.1. The second-order valence-electron chi connectivity index (χ2n) is 10.3. The van der Waals surface area contributed by atoms with Crippen molar-refractivity contribution in [3.05, 3.63) is 59.7 Å². The molecule has 4 rings (SSSR count). The number of hydrogen-bond donors (Lipinski definition) is 3. The molecule has 0 spiro atoms. The molecule has 0 aromatic heterocycles. The van der Waals surface area contributed by atoms with E-state index in [1.165, 1.54) is 0 Å². The normalized spacial score (nSPS) is 18.4.